The van der Waals surface area contributed by atoms with Gasteiger partial charge in [0.05, 0.1) is 12.0 Å². The number of fused-ring (bicyclic) bond motifs is 1. The number of hydrogen-bond donors (Lipinski definition) is 2. The smallest absolute Gasteiger partial charge is 0.269 e. The van der Waals surface area contributed by atoms with Crippen LogP contribution in [0.5, 0.6) is 0 Å². The second kappa shape index (κ2) is 6.44. The molecule has 3 aromatic rings. The van der Waals surface area contributed by atoms with Crippen LogP contribution in [0.2, 0.25) is 5.15 Å². The maximum absolute atomic E-state index is 12.3. The number of imidazole rings is 1. The predicted molar refractivity (Wildman–Crippen MR) is 89.7 cm³/mol. The van der Waals surface area contributed by atoms with E-state index in [-0.39, 0.29) is 17.0 Å². The molecular formula is C14H17ClN8O. The van der Waals surface area contributed by atoms with Crippen LogP contribution in [0.15, 0.2) is 12.4 Å². The average Bonchev–Trinajstić information content (AvgIpc) is 3.11. The zero-order chi connectivity index (χ0) is 17.3. The van der Waals surface area contributed by atoms with Crippen LogP contribution in [0.25, 0.3) is 11.2 Å². The number of nitrogens with one attached hydrogen (secondary N) is 1. The quantitative estimate of drug-likeness (QED) is 0.665. The van der Waals surface area contributed by atoms with Crippen LogP contribution in [0, 0.1) is 6.92 Å². The maximum Gasteiger partial charge on any atom is 0.269 e. The highest BCUT2D eigenvalue weighted by atomic mass is 35.5. The molecule has 9 nitrogen and oxygen atoms in total. The van der Waals surface area contributed by atoms with E-state index in [0.29, 0.717) is 36.5 Å². The van der Waals surface area contributed by atoms with Gasteiger partial charge in [0.25, 0.3) is 5.91 Å². The van der Waals surface area contributed by atoms with Gasteiger partial charge in [-0.15, -0.1) is 0 Å². The van der Waals surface area contributed by atoms with Crippen LogP contribution >= 0.6 is 11.6 Å². The van der Waals surface area contributed by atoms with Crippen LogP contribution in [-0.2, 0) is 13.1 Å². The summed E-state index contributed by atoms with van der Waals surface area (Å²) in [4.78, 5) is 24.4. The lowest BCUT2D eigenvalue weighted by atomic mass is 10.3. The van der Waals surface area contributed by atoms with Gasteiger partial charge in [0.2, 0.25) is 5.95 Å². The van der Waals surface area contributed by atoms with Gasteiger partial charge >= 0.3 is 0 Å². The van der Waals surface area contributed by atoms with Crippen molar-refractivity contribution in [2.45, 2.75) is 26.9 Å². The van der Waals surface area contributed by atoms with Gasteiger partial charge in [-0.2, -0.15) is 15.1 Å². The SMILES string of the molecule is CCn1nc(C)cc1C(=O)NCCn1cnc2c(Cl)nc(N)nc21. The minimum atomic E-state index is -0.172. The van der Waals surface area contributed by atoms with Crippen molar-refractivity contribution in [2.24, 2.45) is 0 Å². The summed E-state index contributed by atoms with van der Waals surface area (Å²) in [5.74, 6) is -0.0883. The molecule has 0 aliphatic carbocycles. The Morgan fingerprint density at radius 3 is 2.96 bits per heavy atom. The van der Waals surface area contributed by atoms with Gasteiger partial charge in [-0.3, -0.25) is 9.48 Å². The molecule has 0 bridgehead atoms. The maximum atomic E-state index is 12.3. The number of aryl methyl sites for hydroxylation is 2. The van der Waals surface area contributed by atoms with E-state index >= 15 is 0 Å². The summed E-state index contributed by atoms with van der Waals surface area (Å²) in [6, 6.07) is 1.76. The molecule has 0 spiro atoms. The molecule has 0 aliphatic rings. The highest BCUT2D eigenvalue weighted by Crippen LogP contribution is 2.19. The standard InChI is InChI=1S/C14H17ClN8O/c1-3-23-9(6-8(2)21-23)13(24)17-4-5-22-7-18-10-11(15)19-14(16)20-12(10)22/h6-7H,3-5H2,1-2H3,(H,17,24)(H2,16,19,20). The summed E-state index contributed by atoms with van der Waals surface area (Å²) in [5.41, 5.74) is 7.99. The predicted octanol–water partition coefficient (Wildman–Crippen LogP) is 1.02. The molecule has 0 atom stereocenters. The fourth-order valence-electron chi connectivity index (χ4n) is 2.44. The Morgan fingerprint density at radius 2 is 2.21 bits per heavy atom. The number of hydrogen-bond acceptors (Lipinski definition) is 6. The largest absolute Gasteiger partial charge is 0.368 e. The summed E-state index contributed by atoms with van der Waals surface area (Å²) >= 11 is 5.99. The van der Waals surface area contributed by atoms with E-state index in [0.717, 1.165) is 5.69 Å². The molecule has 126 valence electrons. The summed E-state index contributed by atoms with van der Waals surface area (Å²) in [5, 5.41) is 7.34. The number of nitrogens with two attached hydrogens (primary N) is 1. The topological polar surface area (TPSA) is 117 Å². The van der Waals surface area contributed by atoms with Crippen molar-refractivity contribution < 1.29 is 4.79 Å². The molecule has 3 aromatic heterocycles. The third kappa shape index (κ3) is 3.02. The van der Waals surface area contributed by atoms with Crippen molar-refractivity contribution in [2.75, 3.05) is 12.3 Å². The van der Waals surface area contributed by atoms with Crippen LogP contribution in [0.4, 0.5) is 5.95 Å². The number of anilines is 1. The Morgan fingerprint density at radius 1 is 1.42 bits per heavy atom. The third-order valence-corrected chi connectivity index (χ3v) is 3.77. The van der Waals surface area contributed by atoms with E-state index in [1.807, 2.05) is 13.8 Å². The molecule has 3 N–H and O–H groups in total. The molecule has 0 unspecified atom stereocenters. The first-order chi connectivity index (χ1) is 11.5. The van der Waals surface area contributed by atoms with E-state index in [4.69, 9.17) is 17.3 Å². The number of amides is 1. The van der Waals surface area contributed by atoms with Crippen LogP contribution in [0.3, 0.4) is 0 Å². The number of nitrogens with zero attached hydrogens (tertiary/aromatic N) is 6. The van der Waals surface area contributed by atoms with E-state index in [9.17, 15) is 4.79 Å². The van der Waals surface area contributed by atoms with Gasteiger partial charge < -0.3 is 15.6 Å². The van der Waals surface area contributed by atoms with Gasteiger partial charge in [-0.25, -0.2) is 4.98 Å². The van der Waals surface area contributed by atoms with Gasteiger partial charge in [-0.1, -0.05) is 11.6 Å². The van der Waals surface area contributed by atoms with Crippen molar-refractivity contribution in [3.63, 3.8) is 0 Å². The molecule has 0 saturated carbocycles. The highest BCUT2D eigenvalue weighted by molar-refractivity contribution is 6.33. The first-order valence-corrected chi connectivity index (χ1v) is 7.84. The Bertz CT molecular complexity index is 900. The zero-order valence-electron chi connectivity index (χ0n) is 13.3. The molecule has 0 saturated heterocycles. The normalized spacial score (nSPS) is 11.1. The second-order valence-corrected chi connectivity index (χ2v) is 5.58. The van der Waals surface area contributed by atoms with Crippen LogP contribution in [0.1, 0.15) is 23.1 Å². The van der Waals surface area contributed by atoms with E-state index < -0.39 is 0 Å². The monoisotopic (exact) mass is 348 g/mol. The molecule has 0 aromatic carbocycles. The van der Waals surface area contributed by atoms with Gasteiger partial charge in [0.1, 0.15) is 11.2 Å². The fourth-order valence-corrected chi connectivity index (χ4v) is 2.66. The number of rotatable bonds is 5. The van der Waals surface area contributed by atoms with E-state index in [1.54, 1.807) is 21.6 Å². The Kier molecular flexibility index (Phi) is 4.34. The zero-order valence-corrected chi connectivity index (χ0v) is 14.1. The number of nitrogen functional groups attached to an aromatic ring is 1. The first-order valence-electron chi connectivity index (χ1n) is 7.46. The number of carbonyl (C=O) groups is 1. The summed E-state index contributed by atoms with van der Waals surface area (Å²) in [6.07, 6.45) is 1.59. The Balaban J connectivity index is 1.69. The number of carbonyl (C=O) groups excluding carboxylic acids is 1. The van der Waals surface area contributed by atoms with Crippen molar-refractivity contribution in [1.82, 2.24) is 34.6 Å². The van der Waals surface area contributed by atoms with Gasteiger partial charge in [0.15, 0.2) is 10.8 Å². The number of aromatic nitrogens is 6. The molecule has 0 fully saturated rings. The lowest BCUT2D eigenvalue weighted by Gasteiger charge is -2.08. The molecule has 3 rings (SSSR count). The van der Waals surface area contributed by atoms with Crippen LogP contribution < -0.4 is 11.1 Å². The lowest BCUT2D eigenvalue weighted by molar-refractivity contribution is 0.0941. The fraction of sp³-hybridized carbons (Fsp3) is 0.357. The Hall–Kier alpha value is -2.68. The molecule has 0 aliphatic heterocycles. The summed E-state index contributed by atoms with van der Waals surface area (Å²) in [7, 11) is 0. The van der Waals surface area contributed by atoms with Crippen molar-refractivity contribution in [1.29, 1.82) is 0 Å². The third-order valence-electron chi connectivity index (χ3n) is 3.51. The molecule has 1 amide bonds. The first kappa shape index (κ1) is 16.2. The average molecular weight is 349 g/mol. The lowest BCUT2D eigenvalue weighted by Crippen LogP contribution is -2.29. The minimum absolute atomic E-state index is 0.0839. The summed E-state index contributed by atoms with van der Waals surface area (Å²) in [6.45, 7) is 5.31. The van der Waals surface area contributed by atoms with Crippen LogP contribution in [-0.4, -0.2) is 41.8 Å². The minimum Gasteiger partial charge on any atom is -0.368 e. The molecule has 0 radical (unpaired) electrons. The summed E-state index contributed by atoms with van der Waals surface area (Å²) < 4.78 is 3.44. The number of halogens is 1. The van der Waals surface area contributed by atoms with Crippen molar-refractivity contribution in [3.8, 4) is 0 Å². The van der Waals surface area contributed by atoms with Crippen molar-refractivity contribution >= 4 is 34.6 Å². The second-order valence-electron chi connectivity index (χ2n) is 5.23. The molecular weight excluding hydrogens is 332 g/mol. The molecule has 10 heteroatoms. The molecule has 24 heavy (non-hydrogen) atoms. The highest BCUT2D eigenvalue weighted by Gasteiger charge is 2.14. The molecule has 3 heterocycles. The van der Waals surface area contributed by atoms with Gasteiger partial charge in [0, 0.05) is 19.6 Å². The van der Waals surface area contributed by atoms with E-state index in [1.165, 1.54) is 0 Å². The van der Waals surface area contributed by atoms with Gasteiger partial charge in [-0.05, 0) is 19.9 Å². The Labute approximate surface area is 142 Å². The van der Waals surface area contributed by atoms with Crippen molar-refractivity contribution in [3.05, 3.63) is 28.9 Å². The van der Waals surface area contributed by atoms with E-state index in [2.05, 4.69) is 25.4 Å².